The molecule has 4 N–H and O–H groups in total. The average molecular weight is 463 g/mol. The molecule has 1 aromatic heterocycles. The highest BCUT2D eigenvalue weighted by Gasteiger charge is 2.52. The van der Waals surface area contributed by atoms with E-state index in [1.165, 1.54) is 0 Å². The second-order valence-electron chi connectivity index (χ2n) is 8.69. The number of Topliss-reactive ketones (excluding diaryl/α,β-unsaturated/α-hetero) is 1. The number of nitrogens with zero attached hydrogens (tertiary/aromatic N) is 1. The topological polar surface area (TPSA) is 127 Å². The maximum Gasteiger partial charge on any atom is 0.254 e. The number of ketones is 1. The molecule has 0 spiro atoms. The summed E-state index contributed by atoms with van der Waals surface area (Å²) in [7, 11) is 1.54. The van der Waals surface area contributed by atoms with Gasteiger partial charge in [-0.05, 0) is 41.5 Å². The van der Waals surface area contributed by atoms with Gasteiger partial charge in [0.25, 0.3) is 5.91 Å². The smallest absolute Gasteiger partial charge is 0.254 e. The van der Waals surface area contributed by atoms with E-state index < -0.39 is 5.54 Å². The molecule has 176 valence electrons. The zero-order chi connectivity index (χ0) is 23.9. The molecule has 1 saturated heterocycles. The van der Waals surface area contributed by atoms with E-state index in [0.717, 1.165) is 16.5 Å². The van der Waals surface area contributed by atoms with Crippen molar-refractivity contribution in [1.29, 1.82) is 0 Å². The number of carbonyl (C=O) groups excluding carboxylic acids is 3. The van der Waals surface area contributed by atoms with Crippen LogP contribution in [-0.4, -0.2) is 49.2 Å². The molecule has 5 rings (SSSR count). The first kappa shape index (κ1) is 22.1. The number of benzene rings is 2. The number of nitrogens with one attached hydrogen (secondary N) is 2. The molecule has 0 bridgehead atoms. The summed E-state index contributed by atoms with van der Waals surface area (Å²) in [4.78, 5) is 40.2. The van der Waals surface area contributed by atoms with Crippen LogP contribution in [0.2, 0.25) is 0 Å². The number of rotatable bonds is 8. The largest absolute Gasteiger partial charge is 0.497 e. The van der Waals surface area contributed by atoms with Crippen molar-refractivity contribution in [1.82, 2.24) is 15.5 Å². The van der Waals surface area contributed by atoms with E-state index in [2.05, 4.69) is 10.6 Å². The number of hydrogen-bond donors (Lipinski definition) is 3. The highest BCUT2D eigenvalue weighted by molar-refractivity contribution is 6.11. The fourth-order valence-electron chi connectivity index (χ4n) is 4.68. The van der Waals surface area contributed by atoms with Gasteiger partial charge in [-0.3, -0.25) is 14.4 Å². The fourth-order valence-corrected chi connectivity index (χ4v) is 4.68. The predicted molar refractivity (Wildman–Crippen MR) is 124 cm³/mol. The van der Waals surface area contributed by atoms with Crippen molar-refractivity contribution in [2.45, 2.75) is 25.0 Å². The molecule has 2 amide bonds. The van der Waals surface area contributed by atoms with Crippen LogP contribution in [-0.2, 0) is 28.2 Å². The standard InChI is InChI=1S/C25H26N4O5/c1-33-18-4-3-16-13-29(24(32)19(16)10-18)14-25(21(30)11-23(31)28-25)22-9-17-8-15(12-27-7-6-26)2-5-20(17)34-22/h2-5,8-10,27H,6-7,11-14,26H2,1H3,(H,28,31)/t25-/m1/s1. The number of amides is 2. The van der Waals surface area contributed by atoms with Crippen molar-refractivity contribution in [3.8, 4) is 5.75 Å². The molecule has 2 aliphatic heterocycles. The second-order valence-corrected chi connectivity index (χ2v) is 8.69. The lowest BCUT2D eigenvalue weighted by atomic mass is 9.91. The molecule has 1 fully saturated rings. The first-order valence-electron chi connectivity index (χ1n) is 11.2. The first-order chi connectivity index (χ1) is 16.4. The minimum atomic E-state index is -1.43. The van der Waals surface area contributed by atoms with Gasteiger partial charge in [0, 0.05) is 37.1 Å². The Labute approximate surface area is 196 Å². The van der Waals surface area contributed by atoms with Crippen molar-refractivity contribution in [2.24, 2.45) is 5.73 Å². The zero-order valence-electron chi connectivity index (χ0n) is 18.8. The predicted octanol–water partition coefficient (Wildman–Crippen LogP) is 1.43. The summed E-state index contributed by atoms with van der Waals surface area (Å²) < 4.78 is 11.3. The number of furan rings is 1. The van der Waals surface area contributed by atoms with E-state index >= 15 is 0 Å². The third-order valence-corrected chi connectivity index (χ3v) is 6.43. The summed E-state index contributed by atoms with van der Waals surface area (Å²) in [5, 5.41) is 6.88. The van der Waals surface area contributed by atoms with Crippen molar-refractivity contribution in [2.75, 3.05) is 26.7 Å². The summed E-state index contributed by atoms with van der Waals surface area (Å²) in [5.41, 5.74) is 7.13. The number of fused-ring (bicyclic) bond motifs is 2. The van der Waals surface area contributed by atoms with Crippen LogP contribution in [0, 0.1) is 0 Å². The molecule has 0 radical (unpaired) electrons. The van der Waals surface area contributed by atoms with Gasteiger partial charge in [0.1, 0.15) is 17.1 Å². The van der Waals surface area contributed by atoms with Crippen molar-refractivity contribution in [3.05, 3.63) is 64.9 Å². The molecule has 0 unspecified atom stereocenters. The van der Waals surface area contributed by atoms with Gasteiger partial charge < -0.3 is 30.4 Å². The molecule has 0 aliphatic carbocycles. The van der Waals surface area contributed by atoms with E-state index in [4.69, 9.17) is 14.9 Å². The lowest BCUT2D eigenvalue weighted by molar-refractivity contribution is -0.124. The molecule has 2 aromatic carbocycles. The minimum absolute atomic E-state index is 0.0157. The number of ether oxygens (including phenoxy) is 1. The molecule has 9 nitrogen and oxygen atoms in total. The maximum absolute atomic E-state index is 13.2. The minimum Gasteiger partial charge on any atom is -0.497 e. The Morgan fingerprint density at radius 1 is 1.18 bits per heavy atom. The van der Waals surface area contributed by atoms with Crippen LogP contribution < -0.4 is 21.1 Å². The monoisotopic (exact) mass is 462 g/mol. The van der Waals surface area contributed by atoms with Crippen LogP contribution in [0.4, 0.5) is 0 Å². The fraction of sp³-hybridized carbons (Fsp3) is 0.320. The Morgan fingerprint density at radius 2 is 2.03 bits per heavy atom. The van der Waals surface area contributed by atoms with Crippen LogP contribution in [0.25, 0.3) is 11.0 Å². The second kappa shape index (κ2) is 8.58. The van der Waals surface area contributed by atoms with Gasteiger partial charge in [-0.25, -0.2) is 0 Å². The van der Waals surface area contributed by atoms with Gasteiger partial charge in [0.05, 0.1) is 20.1 Å². The Balaban J connectivity index is 1.47. The first-order valence-corrected chi connectivity index (χ1v) is 11.2. The molecule has 9 heteroatoms. The molecule has 0 saturated carbocycles. The third kappa shape index (κ3) is 3.72. The molecular weight excluding hydrogens is 436 g/mol. The van der Waals surface area contributed by atoms with Gasteiger partial charge in [-0.15, -0.1) is 0 Å². The normalized spacial score (nSPS) is 19.7. The summed E-state index contributed by atoms with van der Waals surface area (Å²) in [6.07, 6.45) is -0.256. The van der Waals surface area contributed by atoms with Crippen LogP contribution in [0.1, 0.15) is 33.7 Å². The summed E-state index contributed by atoms with van der Waals surface area (Å²) >= 11 is 0. The lowest BCUT2D eigenvalue weighted by Gasteiger charge is -2.30. The number of hydrogen-bond acceptors (Lipinski definition) is 7. The summed E-state index contributed by atoms with van der Waals surface area (Å²) in [5.74, 6) is -0.00742. The van der Waals surface area contributed by atoms with Gasteiger partial charge in [-0.2, -0.15) is 0 Å². The van der Waals surface area contributed by atoms with E-state index in [9.17, 15) is 14.4 Å². The highest BCUT2D eigenvalue weighted by Crippen LogP contribution is 2.36. The van der Waals surface area contributed by atoms with Crippen LogP contribution >= 0.6 is 0 Å². The Hall–Kier alpha value is -3.69. The van der Waals surface area contributed by atoms with Crippen molar-refractivity contribution < 1.29 is 23.5 Å². The Morgan fingerprint density at radius 3 is 2.76 bits per heavy atom. The molecular formula is C25H26N4O5. The van der Waals surface area contributed by atoms with E-state index in [1.807, 2.05) is 24.3 Å². The molecule has 2 aliphatic rings. The Kier molecular flexibility index (Phi) is 5.59. The average Bonchev–Trinajstić information content (AvgIpc) is 3.47. The van der Waals surface area contributed by atoms with Gasteiger partial charge in [0.2, 0.25) is 5.91 Å². The van der Waals surface area contributed by atoms with Gasteiger partial charge in [0.15, 0.2) is 11.3 Å². The molecule has 34 heavy (non-hydrogen) atoms. The SMILES string of the molecule is COc1ccc2c(c1)C(=O)N(C[C@@]1(c3cc4cc(CNCCN)ccc4o3)NC(=O)CC1=O)C2. The van der Waals surface area contributed by atoms with Gasteiger partial charge >= 0.3 is 0 Å². The number of nitrogens with two attached hydrogens (primary N) is 1. The van der Waals surface area contributed by atoms with E-state index in [0.29, 0.717) is 48.8 Å². The third-order valence-electron chi connectivity index (χ3n) is 6.43. The quantitative estimate of drug-likeness (QED) is 0.341. The lowest BCUT2D eigenvalue weighted by Crippen LogP contribution is -2.52. The summed E-state index contributed by atoms with van der Waals surface area (Å²) in [6, 6.07) is 12.9. The van der Waals surface area contributed by atoms with Gasteiger partial charge in [-0.1, -0.05) is 12.1 Å². The molecule has 1 atom stereocenters. The highest BCUT2D eigenvalue weighted by atomic mass is 16.5. The Bertz CT molecular complexity index is 1300. The zero-order valence-corrected chi connectivity index (χ0v) is 18.8. The van der Waals surface area contributed by atoms with Crippen LogP contribution in [0.15, 0.2) is 46.9 Å². The number of methoxy groups -OCH3 is 1. The van der Waals surface area contributed by atoms with Crippen molar-refractivity contribution in [3.63, 3.8) is 0 Å². The molecule has 3 aromatic rings. The van der Waals surface area contributed by atoms with E-state index in [1.54, 1.807) is 30.2 Å². The maximum atomic E-state index is 13.2. The molecule has 3 heterocycles. The van der Waals surface area contributed by atoms with E-state index in [-0.39, 0.29) is 30.6 Å². The number of carbonyl (C=O) groups is 3. The van der Waals surface area contributed by atoms with Crippen molar-refractivity contribution >= 4 is 28.6 Å². The van der Waals surface area contributed by atoms with Crippen LogP contribution in [0.3, 0.4) is 0 Å². The summed E-state index contributed by atoms with van der Waals surface area (Å²) in [6.45, 7) is 2.22. The van der Waals surface area contributed by atoms with Crippen LogP contribution in [0.5, 0.6) is 5.75 Å².